The normalized spacial score (nSPS) is 10.7. The predicted octanol–water partition coefficient (Wildman–Crippen LogP) is 1.92. The van der Waals surface area contributed by atoms with Crippen LogP contribution in [0.3, 0.4) is 0 Å². The molecule has 5 nitrogen and oxygen atoms in total. The van der Waals surface area contributed by atoms with Gasteiger partial charge in [-0.1, -0.05) is 13.8 Å². The lowest BCUT2D eigenvalue weighted by Crippen LogP contribution is -2.29. The topological polar surface area (TPSA) is 61.4 Å². The molecule has 0 atom stereocenters. The molecule has 0 saturated carbocycles. The molecule has 21 heavy (non-hydrogen) atoms. The zero-order chi connectivity index (χ0) is 15.9. The van der Waals surface area contributed by atoms with Gasteiger partial charge in [-0.25, -0.2) is 0 Å². The van der Waals surface area contributed by atoms with Crippen molar-refractivity contribution < 1.29 is 9.59 Å². The second-order valence-electron chi connectivity index (χ2n) is 5.56. The maximum Gasteiger partial charge on any atom is 0.219 e. The van der Waals surface area contributed by atoms with Gasteiger partial charge in [0.15, 0.2) is 0 Å². The molecule has 0 aromatic rings. The monoisotopic (exact) mass is 299 g/mol. The van der Waals surface area contributed by atoms with E-state index in [1.807, 2.05) is 13.8 Å². The van der Waals surface area contributed by atoms with Crippen LogP contribution in [0.5, 0.6) is 0 Å². The third-order valence-electron chi connectivity index (χ3n) is 3.28. The smallest absolute Gasteiger partial charge is 0.219 e. The average Bonchev–Trinajstić information content (AvgIpc) is 2.44. The van der Waals surface area contributed by atoms with Gasteiger partial charge in [-0.15, -0.1) is 0 Å². The largest absolute Gasteiger partial charge is 0.356 e. The van der Waals surface area contributed by atoms with E-state index >= 15 is 0 Å². The van der Waals surface area contributed by atoms with Crippen LogP contribution in [0, 0.1) is 0 Å². The predicted molar refractivity (Wildman–Crippen MR) is 87.2 cm³/mol. The average molecular weight is 299 g/mol. The van der Waals surface area contributed by atoms with Gasteiger partial charge in [-0.2, -0.15) is 0 Å². The number of hydrogen-bond acceptors (Lipinski definition) is 3. The minimum atomic E-state index is 0.156. The lowest BCUT2D eigenvalue weighted by atomic mass is 10.2. The molecule has 0 fully saturated rings. The molecule has 0 heterocycles. The Balaban J connectivity index is 3.36. The molecule has 0 rings (SSSR count). The van der Waals surface area contributed by atoms with Crippen molar-refractivity contribution >= 4 is 11.8 Å². The summed E-state index contributed by atoms with van der Waals surface area (Å²) >= 11 is 0. The van der Waals surface area contributed by atoms with Crippen molar-refractivity contribution in [3.63, 3.8) is 0 Å². The molecule has 0 aliphatic rings. The molecular weight excluding hydrogens is 266 g/mol. The van der Waals surface area contributed by atoms with Crippen molar-refractivity contribution in [3.05, 3.63) is 0 Å². The van der Waals surface area contributed by atoms with Gasteiger partial charge in [-0.05, 0) is 52.2 Å². The molecule has 5 heteroatoms. The van der Waals surface area contributed by atoms with Crippen LogP contribution in [-0.4, -0.2) is 49.9 Å². The second kappa shape index (κ2) is 13.9. The molecule has 0 aromatic heterocycles. The number of nitrogens with zero attached hydrogens (tertiary/aromatic N) is 1. The van der Waals surface area contributed by atoms with Crippen LogP contribution in [0.1, 0.15) is 58.8 Å². The first-order valence-electron chi connectivity index (χ1n) is 8.32. The van der Waals surface area contributed by atoms with Crippen LogP contribution in [0.4, 0.5) is 0 Å². The molecule has 2 amide bonds. The van der Waals surface area contributed by atoms with Gasteiger partial charge in [0.05, 0.1) is 0 Å². The van der Waals surface area contributed by atoms with Crippen molar-refractivity contribution in [2.75, 3.05) is 33.2 Å². The molecule has 0 unspecified atom stereocenters. The van der Waals surface area contributed by atoms with E-state index in [1.165, 1.54) is 0 Å². The van der Waals surface area contributed by atoms with Gasteiger partial charge >= 0.3 is 0 Å². The summed E-state index contributed by atoms with van der Waals surface area (Å²) in [5.41, 5.74) is 0. The Morgan fingerprint density at radius 1 is 0.810 bits per heavy atom. The molecule has 124 valence electrons. The number of hydrogen-bond donors (Lipinski definition) is 2. The summed E-state index contributed by atoms with van der Waals surface area (Å²) in [6.07, 6.45) is 6.16. The Hall–Kier alpha value is -1.10. The minimum absolute atomic E-state index is 0.156. The highest BCUT2D eigenvalue weighted by Gasteiger charge is 2.01. The number of unbranched alkanes of at least 4 members (excludes halogenated alkanes) is 1. The minimum Gasteiger partial charge on any atom is -0.356 e. The number of nitrogens with one attached hydrogen (secondary N) is 2. The fourth-order valence-corrected chi connectivity index (χ4v) is 2.05. The molecule has 0 aliphatic heterocycles. The lowest BCUT2D eigenvalue weighted by Gasteiger charge is -2.16. The van der Waals surface area contributed by atoms with E-state index in [1.54, 1.807) is 0 Å². The van der Waals surface area contributed by atoms with E-state index in [-0.39, 0.29) is 11.8 Å². The van der Waals surface area contributed by atoms with Gasteiger partial charge in [0.2, 0.25) is 11.8 Å². The summed E-state index contributed by atoms with van der Waals surface area (Å²) < 4.78 is 0. The Morgan fingerprint density at radius 2 is 1.29 bits per heavy atom. The third kappa shape index (κ3) is 13.6. The van der Waals surface area contributed by atoms with Crippen molar-refractivity contribution in [1.82, 2.24) is 15.5 Å². The van der Waals surface area contributed by atoms with Crippen molar-refractivity contribution in [2.24, 2.45) is 0 Å². The Labute approximate surface area is 129 Å². The molecule has 0 spiro atoms. The zero-order valence-corrected chi connectivity index (χ0v) is 14.0. The lowest BCUT2D eigenvalue weighted by molar-refractivity contribution is -0.121. The van der Waals surface area contributed by atoms with E-state index < -0.39 is 0 Å². The fraction of sp³-hybridized carbons (Fsp3) is 0.875. The molecule has 0 bridgehead atoms. The quantitative estimate of drug-likeness (QED) is 0.511. The van der Waals surface area contributed by atoms with Gasteiger partial charge < -0.3 is 15.5 Å². The van der Waals surface area contributed by atoms with E-state index in [2.05, 4.69) is 22.6 Å². The highest BCUT2D eigenvalue weighted by molar-refractivity contribution is 5.76. The maximum absolute atomic E-state index is 11.3. The second-order valence-corrected chi connectivity index (χ2v) is 5.56. The number of carbonyl (C=O) groups excluding carboxylic acids is 2. The molecule has 0 radical (unpaired) electrons. The number of carbonyl (C=O) groups is 2. The molecular formula is C16H33N3O2. The molecule has 2 N–H and O–H groups in total. The first-order valence-corrected chi connectivity index (χ1v) is 8.32. The Morgan fingerprint density at radius 3 is 1.81 bits per heavy atom. The van der Waals surface area contributed by atoms with E-state index in [0.29, 0.717) is 12.8 Å². The standard InChI is InChI=1S/C16H33N3O2/c1-4-9-15(20)17-11-6-7-13-19(3)14-8-12-18-16(21)10-5-2/h4-14H2,1-3H3,(H,17,20)(H,18,21). The van der Waals surface area contributed by atoms with E-state index in [0.717, 1.165) is 58.3 Å². The summed E-state index contributed by atoms with van der Waals surface area (Å²) in [4.78, 5) is 24.8. The summed E-state index contributed by atoms with van der Waals surface area (Å²) in [6, 6.07) is 0. The van der Waals surface area contributed by atoms with E-state index in [4.69, 9.17) is 0 Å². The number of rotatable bonds is 13. The summed E-state index contributed by atoms with van der Waals surface area (Å²) in [5.74, 6) is 0.316. The van der Waals surface area contributed by atoms with Crippen LogP contribution in [-0.2, 0) is 9.59 Å². The fourth-order valence-electron chi connectivity index (χ4n) is 2.05. The summed E-state index contributed by atoms with van der Waals surface area (Å²) in [7, 11) is 2.10. The first-order chi connectivity index (χ1) is 10.1. The van der Waals surface area contributed by atoms with Crippen molar-refractivity contribution in [2.45, 2.75) is 58.8 Å². The van der Waals surface area contributed by atoms with Gasteiger partial charge in [-0.3, -0.25) is 9.59 Å². The zero-order valence-electron chi connectivity index (χ0n) is 14.0. The van der Waals surface area contributed by atoms with Crippen LogP contribution in [0.25, 0.3) is 0 Å². The third-order valence-corrected chi connectivity index (χ3v) is 3.28. The van der Waals surface area contributed by atoms with Gasteiger partial charge in [0, 0.05) is 25.9 Å². The Kier molecular flexibility index (Phi) is 13.1. The summed E-state index contributed by atoms with van der Waals surface area (Å²) in [5, 5.41) is 5.86. The van der Waals surface area contributed by atoms with Crippen molar-refractivity contribution in [3.8, 4) is 0 Å². The van der Waals surface area contributed by atoms with Crippen molar-refractivity contribution in [1.29, 1.82) is 0 Å². The molecule has 0 aliphatic carbocycles. The first kappa shape index (κ1) is 19.9. The van der Waals surface area contributed by atoms with Crippen LogP contribution < -0.4 is 10.6 Å². The van der Waals surface area contributed by atoms with Gasteiger partial charge in [0.1, 0.15) is 0 Å². The van der Waals surface area contributed by atoms with E-state index in [9.17, 15) is 9.59 Å². The van der Waals surface area contributed by atoms with Crippen LogP contribution >= 0.6 is 0 Å². The molecule has 0 saturated heterocycles. The Bertz CT molecular complexity index is 283. The maximum atomic E-state index is 11.3. The SMILES string of the molecule is CCCC(=O)NCCCCN(C)CCCNC(=O)CCC. The van der Waals surface area contributed by atoms with Crippen LogP contribution in [0.15, 0.2) is 0 Å². The highest BCUT2D eigenvalue weighted by atomic mass is 16.2. The van der Waals surface area contributed by atoms with Crippen LogP contribution in [0.2, 0.25) is 0 Å². The molecule has 0 aromatic carbocycles. The van der Waals surface area contributed by atoms with Gasteiger partial charge in [0.25, 0.3) is 0 Å². The highest BCUT2D eigenvalue weighted by Crippen LogP contribution is 1.94. The number of amides is 2. The summed E-state index contributed by atoms with van der Waals surface area (Å²) in [6.45, 7) is 7.59.